The van der Waals surface area contributed by atoms with Gasteiger partial charge in [-0.05, 0) is 0 Å². The molecule has 8 nitrogen and oxygen atoms in total. The quantitative estimate of drug-likeness (QED) is 0.803. The van der Waals surface area contributed by atoms with Gasteiger partial charge < -0.3 is 9.47 Å². The topological polar surface area (TPSA) is 107 Å². The number of hydrogen-bond acceptors (Lipinski definition) is 7. The number of hydrogen-bond donors (Lipinski definition) is 1. The van der Waals surface area contributed by atoms with Gasteiger partial charge in [0.1, 0.15) is 5.75 Å². The van der Waals surface area contributed by atoms with E-state index in [0.29, 0.717) is 0 Å². The number of nitrogens with zero attached hydrogens (tertiary/aromatic N) is 2. The van der Waals surface area contributed by atoms with Crippen LogP contribution < -0.4 is 14.2 Å². The lowest BCUT2D eigenvalue weighted by Crippen LogP contribution is -2.33. The Bertz CT molecular complexity index is 610. The average Bonchev–Trinajstić information content (AvgIpc) is 2.35. The summed E-state index contributed by atoms with van der Waals surface area (Å²) >= 11 is 5.39. The molecule has 1 heterocycles. The first kappa shape index (κ1) is 16.2. The number of halogens is 1. The summed E-state index contributed by atoms with van der Waals surface area (Å²) in [7, 11) is -1.30. The van der Waals surface area contributed by atoms with Gasteiger partial charge in [-0.25, -0.2) is 13.1 Å². The van der Waals surface area contributed by atoms with Gasteiger partial charge in [0.2, 0.25) is 27.6 Å². The molecule has 0 bridgehead atoms. The highest BCUT2D eigenvalue weighted by atomic mass is 35.5. The summed E-state index contributed by atoms with van der Waals surface area (Å²) in [4.78, 5) is 19.2. The second-order valence-electron chi connectivity index (χ2n) is 3.48. The van der Waals surface area contributed by atoms with E-state index in [2.05, 4.69) is 16.5 Å². The Balaban J connectivity index is 3.00. The van der Waals surface area contributed by atoms with Crippen molar-refractivity contribution in [1.29, 1.82) is 0 Å². The number of aromatic nitrogens is 2. The van der Waals surface area contributed by atoms with Crippen molar-refractivity contribution in [2.75, 3.05) is 20.0 Å². The molecule has 0 saturated heterocycles. The van der Waals surface area contributed by atoms with E-state index in [1.807, 2.05) is 0 Å². The molecular weight excluding hydrogens is 310 g/mol. The van der Waals surface area contributed by atoms with Crippen molar-refractivity contribution in [2.24, 2.45) is 0 Å². The van der Waals surface area contributed by atoms with Crippen LogP contribution in [0, 0.1) is 0 Å². The molecule has 0 spiro atoms. The predicted octanol–water partition coefficient (Wildman–Crippen LogP) is 0.306. The summed E-state index contributed by atoms with van der Waals surface area (Å²) in [5.41, 5.74) is 0. The molecule has 1 N–H and O–H groups in total. The molecule has 10 heteroatoms. The Morgan fingerprint density at radius 3 is 2.25 bits per heavy atom. The van der Waals surface area contributed by atoms with Crippen LogP contribution in [-0.4, -0.2) is 44.3 Å². The van der Waals surface area contributed by atoms with Crippen LogP contribution in [0.3, 0.4) is 0 Å². The number of rotatable bonds is 6. The lowest BCUT2D eigenvalue weighted by molar-refractivity contribution is 0.0969. The van der Waals surface area contributed by atoms with Crippen molar-refractivity contribution < 1.29 is 22.7 Å². The first-order valence-corrected chi connectivity index (χ1v) is 7.15. The molecule has 0 atom stereocenters. The van der Waals surface area contributed by atoms with Gasteiger partial charge >= 0.3 is 5.91 Å². The van der Waals surface area contributed by atoms with Gasteiger partial charge in [-0.2, -0.15) is 9.97 Å². The predicted molar refractivity (Wildman–Crippen MR) is 71.4 cm³/mol. The number of nitrogens with one attached hydrogen (secondary N) is 1. The molecule has 0 saturated carbocycles. The highest BCUT2D eigenvalue weighted by molar-refractivity contribution is 7.90. The molecule has 0 radical (unpaired) electrons. The number of ether oxygens (including phenoxy) is 2. The molecule has 1 rings (SSSR count). The maximum absolute atomic E-state index is 11.8. The number of amides is 1. The molecule has 1 amide bonds. The second kappa shape index (κ2) is 6.53. The van der Waals surface area contributed by atoms with Crippen molar-refractivity contribution in [3.8, 4) is 11.8 Å². The fourth-order valence-electron chi connectivity index (χ4n) is 1.14. The van der Waals surface area contributed by atoms with E-state index in [9.17, 15) is 13.2 Å². The summed E-state index contributed by atoms with van der Waals surface area (Å²) in [5.74, 6) is -1.92. The number of sulfonamides is 1. The standard InChI is InChI=1S/C10H12ClN3O5S/c1-6(11)5-20(16,17)14-10(15)9-12-7(18-2)4-8(13-9)19-3/h4H,1,5H2,2-3H3,(H,14,15). The first-order chi connectivity index (χ1) is 9.27. The van der Waals surface area contributed by atoms with Crippen molar-refractivity contribution in [2.45, 2.75) is 0 Å². The summed E-state index contributed by atoms with van der Waals surface area (Å²) in [6.45, 7) is 3.24. The number of carbonyl (C=O) groups excluding carboxylic acids is 1. The second-order valence-corrected chi connectivity index (χ2v) is 5.74. The molecule has 110 valence electrons. The molecule has 20 heavy (non-hydrogen) atoms. The minimum atomic E-state index is -3.96. The van der Waals surface area contributed by atoms with E-state index in [4.69, 9.17) is 21.1 Å². The summed E-state index contributed by atoms with van der Waals surface area (Å²) in [5, 5.41) is -0.130. The van der Waals surface area contributed by atoms with Gasteiger partial charge in [-0.1, -0.05) is 18.2 Å². The zero-order valence-electron chi connectivity index (χ0n) is 10.7. The van der Waals surface area contributed by atoms with Crippen LogP contribution in [0.2, 0.25) is 0 Å². The molecule has 0 unspecified atom stereocenters. The third kappa shape index (κ3) is 4.67. The maximum atomic E-state index is 11.8. The Hall–Kier alpha value is -1.87. The van der Waals surface area contributed by atoms with Crippen LogP contribution in [0.1, 0.15) is 10.6 Å². The molecule has 0 aromatic carbocycles. The minimum Gasteiger partial charge on any atom is -0.481 e. The van der Waals surface area contributed by atoms with Gasteiger partial charge in [-0.3, -0.25) is 4.79 Å². The van der Waals surface area contributed by atoms with E-state index in [-0.39, 0.29) is 16.8 Å². The van der Waals surface area contributed by atoms with Crippen molar-refractivity contribution in [3.05, 3.63) is 23.5 Å². The molecular formula is C10H12ClN3O5S. The van der Waals surface area contributed by atoms with Gasteiger partial charge in [0.05, 0.1) is 20.3 Å². The van der Waals surface area contributed by atoms with Crippen molar-refractivity contribution in [3.63, 3.8) is 0 Å². The highest BCUT2D eigenvalue weighted by Crippen LogP contribution is 2.14. The lowest BCUT2D eigenvalue weighted by Gasteiger charge is -2.07. The van der Waals surface area contributed by atoms with E-state index in [1.54, 1.807) is 4.72 Å². The third-order valence-corrected chi connectivity index (χ3v) is 3.41. The van der Waals surface area contributed by atoms with Gasteiger partial charge in [0.25, 0.3) is 0 Å². The SMILES string of the molecule is C=C(Cl)CS(=O)(=O)NC(=O)c1nc(OC)cc(OC)n1. The monoisotopic (exact) mass is 321 g/mol. The molecule has 1 aromatic heterocycles. The molecule has 0 aliphatic carbocycles. The maximum Gasteiger partial charge on any atom is 0.302 e. The lowest BCUT2D eigenvalue weighted by atomic mass is 10.5. The van der Waals surface area contributed by atoms with E-state index in [0.717, 1.165) is 0 Å². The fraction of sp³-hybridized carbons (Fsp3) is 0.300. The summed E-state index contributed by atoms with van der Waals surface area (Å²) in [6.07, 6.45) is 0. The minimum absolute atomic E-state index is 0.0566. The van der Waals surface area contributed by atoms with Crippen LogP contribution >= 0.6 is 11.6 Å². The zero-order chi connectivity index (χ0) is 15.3. The van der Waals surface area contributed by atoms with Crippen molar-refractivity contribution >= 4 is 27.5 Å². The third-order valence-electron chi connectivity index (χ3n) is 1.90. The largest absolute Gasteiger partial charge is 0.481 e. The number of carbonyl (C=O) groups is 1. The summed E-state index contributed by atoms with van der Waals surface area (Å²) in [6, 6.07) is 1.34. The molecule has 0 aliphatic heterocycles. The average molecular weight is 322 g/mol. The van der Waals surface area contributed by atoms with Crippen LogP contribution in [-0.2, 0) is 10.0 Å². The Kier molecular flexibility index (Phi) is 5.28. The van der Waals surface area contributed by atoms with Gasteiger partial charge in [-0.15, -0.1) is 0 Å². The Labute approximate surface area is 120 Å². The Morgan fingerprint density at radius 2 is 1.85 bits per heavy atom. The van der Waals surface area contributed by atoms with Crippen LogP contribution in [0.4, 0.5) is 0 Å². The molecule has 0 aliphatic rings. The smallest absolute Gasteiger partial charge is 0.302 e. The van der Waals surface area contributed by atoms with E-state index in [1.165, 1.54) is 20.3 Å². The number of methoxy groups -OCH3 is 2. The molecule has 0 fully saturated rings. The highest BCUT2D eigenvalue weighted by Gasteiger charge is 2.20. The fourth-order valence-corrected chi connectivity index (χ4v) is 2.43. The molecule has 1 aromatic rings. The van der Waals surface area contributed by atoms with E-state index < -0.39 is 27.5 Å². The van der Waals surface area contributed by atoms with Gasteiger partial charge in [0, 0.05) is 5.03 Å². The van der Waals surface area contributed by atoms with E-state index >= 15 is 0 Å². The van der Waals surface area contributed by atoms with Crippen LogP contribution in [0.25, 0.3) is 0 Å². The van der Waals surface area contributed by atoms with Crippen LogP contribution in [0.5, 0.6) is 11.8 Å². The van der Waals surface area contributed by atoms with Gasteiger partial charge in [0.15, 0.2) is 0 Å². The normalized spacial score (nSPS) is 10.8. The zero-order valence-corrected chi connectivity index (χ0v) is 12.3. The summed E-state index contributed by atoms with van der Waals surface area (Å²) < 4.78 is 34.5. The van der Waals surface area contributed by atoms with Crippen LogP contribution in [0.15, 0.2) is 17.7 Å². The first-order valence-electron chi connectivity index (χ1n) is 5.12. The van der Waals surface area contributed by atoms with Crippen molar-refractivity contribution in [1.82, 2.24) is 14.7 Å². The Morgan fingerprint density at radius 1 is 1.35 bits per heavy atom.